The molecule has 1 aromatic rings. The van der Waals surface area contributed by atoms with Gasteiger partial charge in [0.15, 0.2) is 0 Å². The molecular formula is C9H9ClO. The summed E-state index contributed by atoms with van der Waals surface area (Å²) in [5.74, 6) is 0.334. The van der Waals surface area contributed by atoms with Crippen molar-refractivity contribution < 1.29 is 5.11 Å². The fourth-order valence-electron chi connectivity index (χ4n) is 0.838. The molecule has 0 aliphatic rings. The van der Waals surface area contributed by atoms with E-state index in [0.29, 0.717) is 5.88 Å². The summed E-state index contributed by atoms with van der Waals surface area (Å²) in [5.41, 5.74) is 1.71. The maximum absolute atomic E-state index is 8.73. The van der Waals surface area contributed by atoms with Crippen LogP contribution in [-0.4, -0.2) is 11.0 Å². The summed E-state index contributed by atoms with van der Waals surface area (Å²) in [5, 5.41) is 8.73. The topological polar surface area (TPSA) is 20.2 Å². The van der Waals surface area contributed by atoms with E-state index in [1.807, 2.05) is 30.3 Å². The first-order valence-electron chi connectivity index (χ1n) is 3.33. The van der Waals surface area contributed by atoms with Crippen LogP contribution in [0, 0.1) is 0 Å². The molecule has 0 atom stereocenters. The summed E-state index contributed by atoms with van der Waals surface area (Å²) < 4.78 is 0. The minimum Gasteiger partial charge on any atom is -0.515 e. The van der Waals surface area contributed by atoms with Crippen LogP contribution in [-0.2, 0) is 0 Å². The highest BCUT2D eigenvalue weighted by Crippen LogP contribution is 2.13. The van der Waals surface area contributed by atoms with Crippen molar-refractivity contribution in [3.63, 3.8) is 0 Å². The third-order valence-electron chi connectivity index (χ3n) is 1.44. The van der Waals surface area contributed by atoms with Gasteiger partial charge in [-0.25, -0.2) is 0 Å². The Morgan fingerprint density at radius 3 is 2.45 bits per heavy atom. The van der Waals surface area contributed by atoms with Crippen LogP contribution in [0.1, 0.15) is 5.56 Å². The zero-order chi connectivity index (χ0) is 8.10. The lowest BCUT2D eigenvalue weighted by molar-refractivity contribution is 0.475. The number of rotatable bonds is 2. The van der Waals surface area contributed by atoms with Crippen LogP contribution in [0.5, 0.6) is 0 Å². The largest absolute Gasteiger partial charge is 0.515 e. The molecule has 2 heteroatoms. The molecule has 0 unspecified atom stereocenters. The summed E-state index contributed by atoms with van der Waals surface area (Å²) in [6.07, 6.45) is 1.04. The lowest BCUT2D eigenvalue weighted by Gasteiger charge is -1.99. The molecule has 11 heavy (non-hydrogen) atoms. The molecule has 58 valence electrons. The van der Waals surface area contributed by atoms with Crippen molar-refractivity contribution in [1.82, 2.24) is 0 Å². The minimum absolute atomic E-state index is 0.334. The number of hydrogen-bond donors (Lipinski definition) is 1. The summed E-state index contributed by atoms with van der Waals surface area (Å²) in [4.78, 5) is 0. The van der Waals surface area contributed by atoms with Crippen LogP contribution >= 0.6 is 11.6 Å². The fourth-order valence-corrected chi connectivity index (χ4v) is 1.06. The van der Waals surface area contributed by atoms with Crippen molar-refractivity contribution in [2.24, 2.45) is 0 Å². The van der Waals surface area contributed by atoms with Gasteiger partial charge < -0.3 is 5.11 Å². The lowest BCUT2D eigenvalue weighted by atomic mass is 10.1. The Hall–Kier alpha value is -0.950. The second kappa shape index (κ2) is 4.04. The maximum atomic E-state index is 8.73. The number of aliphatic hydroxyl groups excluding tert-OH is 1. The molecule has 0 radical (unpaired) electrons. The number of aliphatic hydroxyl groups is 1. The monoisotopic (exact) mass is 168 g/mol. The SMILES string of the molecule is OC=C(CCl)c1ccccc1. The molecule has 0 aromatic heterocycles. The van der Waals surface area contributed by atoms with E-state index in [0.717, 1.165) is 17.4 Å². The van der Waals surface area contributed by atoms with Crippen molar-refractivity contribution in [2.45, 2.75) is 0 Å². The predicted octanol–water partition coefficient (Wildman–Crippen LogP) is 2.82. The molecule has 0 spiro atoms. The highest BCUT2D eigenvalue weighted by molar-refractivity contribution is 6.23. The summed E-state index contributed by atoms with van der Waals surface area (Å²) in [6.45, 7) is 0. The molecule has 1 aromatic carbocycles. The van der Waals surface area contributed by atoms with Gasteiger partial charge in [-0.05, 0) is 5.56 Å². The van der Waals surface area contributed by atoms with Gasteiger partial charge in [0.2, 0.25) is 0 Å². The Balaban J connectivity index is 2.92. The maximum Gasteiger partial charge on any atom is 0.0841 e. The van der Waals surface area contributed by atoms with Crippen LogP contribution < -0.4 is 0 Å². The lowest BCUT2D eigenvalue weighted by Crippen LogP contribution is -1.84. The summed E-state index contributed by atoms with van der Waals surface area (Å²) in [6, 6.07) is 9.55. The average Bonchev–Trinajstić information content (AvgIpc) is 2.09. The average molecular weight is 169 g/mol. The first-order chi connectivity index (χ1) is 5.38. The van der Waals surface area contributed by atoms with E-state index in [4.69, 9.17) is 16.7 Å². The van der Waals surface area contributed by atoms with E-state index in [-0.39, 0.29) is 0 Å². The normalized spacial score (nSPS) is 11.5. The minimum atomic E-state index is 0.334. The van der Waals surface area contributed by atoms with Crippen LogP contribution in [0.3, 0.4) is 0 Å². The Morgan fingerprint density at radius 2 is 2.00 bits per heavy atom. The molecule has 1 rings (SSSR count). The second-order valence-electron chi connectivity index (χ2n) is 2.15. The molecule has 1 nitrogen and oxygen atoms in total. The highest BCUT2D eigenvalue weighted by atomic mass is 35.5. The number of benzene rings is 1. The standard InChI is InChI=1S/C9H9ClO/c10-6-9(7-11)8-4-2-1-3-5-8/h1-5,7,11H,6H2. The highest BCUT2D eigenvalue weighted by Gasteiger charge is 1.96. The van der Waals surface area contributed by atoms with Crippen molar-refractivity contribution in [2.75, 3.05) is 5.88 Å². The quantitative estimate of drug-likeness (QED) is 0.532. The zero-order valence-electron chi connectivity index (χ0n) is 6.00. The first-order valence-corrected chi connectivity index (χ1v) is 3.86. The van der Waals surface area contributed by atoms with E-state index in [2.05, 4.69) is 0 Å². The smallest absolute Gasteiger partial charge is 0.0841 e. The molecule has 1 N–H and O–H groups in total. The second-order valence-corrected chi connectivity index (χ2v) is 2.42. The van der Waals surface area contributed by atoms with Crippen molar-refractivity contribution in [3.05, 3.63) is 42.2 Å². The van der Waals surface area contributed by atoms with Gasteiger partial charge in [-0.2, -0.15) is 0 Å². The molecular weight excluding hydrogens is 160 g/mol. The molecule has 0 bridgehead atoms. The van der Waals surface area contributed by atoms with E-state index in [1.165, 1.54) is 0 Å². The molecule has 0 heterocycles. The molecule has 0 fully saturated rings. The number of hydrogen-bond acceptors (Lipinski definition) is 1. The third kappa shape index (κ3) is 1.99. The molecule has 0 aliphatic heterocycles. The first kappa shape index (κ1) is 8.15. The molecule has 0 saturated carbocycles. The van der Waals surface area contributed by atoms with Gasteiger partial charge in [0.05, 0.1) is 12.1 Å². The zero-order valence-corrected chi connectivity index (χ0v) is 6.75. The van der Waals surface area contributed by atoms with Gasteiger partial charge in [0.25, 0.3) is 0 Å². The number of allylic oxidation sites excluding steroid dienone is 1. The Labute approximate surface area is 70.9 Å². The Bertz CT molecular complexity index is 241. The van der Waals surface area contributed by atoms with Crippen LogP contribution in [0.4, 0.5) is 0 Å². The van der Waals surface area contributed by atoms with Crippen LogP contribution in [0.25, 0.3) is 5.57 Å². The number of alkyl halides is 1. The molecule has 0 saturated heterocycles. The van der Waals surface area contributed by atoms with Crippen LogP contribution in [0.2, 0.25) is 0 Å². The van der Waals surface area contributed by atoms with Gasteiger partial charge in [-0.15, -0.1) is 11.6 Å². The Morgan fingerprint density at radius 1 is 1.36 bits per heavy atom. The number of halogens is 1. The molecule has 0 amide bonds. The summed E-state index contributed by atoms with van der Waals surface area (Å²) in [7, 11) is 0. The third-order valence-corrected chi connectivity index (χ3v) is 1.73. The van der Waals surface area contributed by atoms with Gasteiger partial charge in [-0.1, -0.05) is 30.3 Å². The van der Waals surface area contributed by atoms with Crippen molar-refractivity contribution in [1.29, 1.82) is 0 Å². The van der Waals surface area contributed by atoms with Gasteiger partial charge >= 0.3 is 0 Å². The van der Waals surface area contributed by atoms with E-state index in [9.17, 15) is 0 Å². The van der Waals surface area contributed by atoms with E-state index in [1.54, 1.807) is 0 Å². The van der Waals surface area contributed by atoms with Crippen molar-refractivity contribution >= 4 is 17.2 Å². The van der Waals surface area contributed by atoms with Gasteiger partial charge in [0, 0.05) is 5.57 Å². The van der Waals surface area contributed by atoms with Crippen LogP contribution in [0.15, 0.2) is 36.6 Å². The van der Waals surface area contributed by atoms with E-state index < -0.39 is 0 Å². The summed E-state index contributed by atoms with van der Waals surface area (Å²) >= 11 is 5.57. The fraction of sp³-hybridized carbons (Fsp3) is 0.111. The predicted molar refractivity (Wildman–Crippen MR) is 47.8 cm³/mol. The van der Waals surface area contributed by atoms with Gasteiger partial charge in [-0.3, -0.25) is 0 Å². The van der Waals surface area contributed by atoms with E-state index >= 15 is 0 Å². The van der Waals surface area contributed by atoms with Crippen molar-refractivity contribution in [3.8, 4) is 0 Å². The molecule has 0 aliphatic carbocycles. The Kier molecular flexibility index (Phi) is 2.99. The van der Waals surface area contributed by atoms with Gasteiger partial charge in [0.1, 0.15) is 0 Å².